The van der Waals surface area contributed by atoms with E-state index in [0.29, 0.717) is 51.9 Å². The normalized spacial score (nSPS) is 20.1. The molecule has 0 saturated carbocycles. The van der Waals surface area contributed by atoms with Gasteiger partial charge in [-0.05, 0) is 202 Å². The summed E-state index contributed by atoms with van der Waals surface area (Å²) in [6, 6.07) is 43.7. The zero-order valence-electron chi connectivity index (χ0n) is 56.0. The lowest BCUT2D eigenvalue weighted by Gasteiger charge is -2.24. The molecule has 2 atom stereocenters. The van der Waals surface area contributed by atoms with E-state index in [-0.39, 0.29) is 74.8 Å². The van der Waals surface area contributed by atoms with Crippen LogP contribution < -0.4 is 21.7 Å². The van der Waals surface area contributed by atoms with Crippen molar-refractivity contribution in [3.63, 3.8) is 0 Å². The first-order chi connectivity index (χ1) is 47.1. The molecule has 2 unspecified atom stereocenters. The Hall–Kier alpha value is -10.1. The molecule has 21 nitrogen and oxygen atoms in total. The van der Waals surface area contributed by atoms with Crippen molar-refractivity contribution in [2.45, 2.75) is 130 Å². The van der Waals surface area contributed by atoms with Crippen LogP contribution in [0, 0.1) is 53.2 Å². The quantitative estimate of drug-likeness (QED) is 0.0153. The third-order valence-electron chi connectivity index (χ3n) is 20.5. The number of non-ortho nitro benzene ring substituents is 1. The minimum absolute atomic E-state index is 0.0485. The first-order valence-electron chi connectivity index (χ1n) is 33.7. The number of nitrogens with zero attached hydrogens (tertiary/aromatic N) is 2. The second kappa shape index (κ2) is 31.9. The van der Waals surface area contributed by atoms with E-state index in [1.54, 1.807) is 19.1 Å². The molecule has 3 spiro atoms. The molecule has 98 heavy (non-hydrogen) atoms. The number of nitrogen functional groups attached to an aromatic ring is 1. The van der Waals surface area contributed by atoms with E-state index in [9.17, 15) is 43.7 Å². The molecular weight excluding hydrogens is 1250 g/mol. The molecule has 6 aliphatic carbocycles. The van der Waals surface area contributed by atoms with Gasteiger partial charge in [0.25, 0.3) is 10.8 Å². The predicted molar refractivity (Wildman–Crippen MR) is 367 cm³/mol. The number of aldehydes is 1. The van der Waals surface area contributed by atoms with Crippen LogP contribution in [-0.2, 0) is 125 Å². The summed E-state index contributed by atoms with van der Waals surface area (Å²) in [4.78, 5) is 101. The number of nitro groups is 1. The average Bonchev–Trinajstić information content (AvgIpc) is 1.65. The highest BCUT2D eigenvalue weighted by Gasteiger charge is 2.50. The average molecular weight is 1340 g/mol. The Balaban J connectivity index is 0.000000136. The Kier molecular flexibility index (Phi) is 23.5. The predicted octanol–water partition coefficient (Wildman–Crippen LogP) is 9.82. The van der Waals surface area contributed by atoms with Gasteiger partial charge >= 0.3 is 17.9 Å². The molecule has 3 aliphatic heterocycles. The number of esters is 3. The molecule has 0 aromatic heterocycles. The maximum absolute atomic E-state index is 12.2. The van der Waals surface area contributed by atoms with Crippen LogP contribution in [0.3, 0.4) is 0 Å². The summed E-state index contributed by atoms with van der Waals surface area (Å²) < 4.78 is 15.4. The number of hydrogen-bond acceptors (Lipinski definition) is 15. The van der Waals surface area contributed by atoms with Crippen LogP contribution in [-0.4, -0.2) is 96.6 Å². The number of fused-ring (bicyclic) bond motifs is 6. The van der Waals surface area contributed by atoms with E-state index in [1.165, 1.54) is 50.6 Å². The summed E-state index contributed by atoms with van der Waals surface area (Å²) in [5.41, 5.74) is 19.7. The Morgan fingerprint density at radius 1 is 0.510 bits per heavy atom. The Morgan fingerprint density at radius 2 is 0.837 bits per heavy atom. The first kappa shape index (κ1) is 72.2. The minimum Gasteiger partial charge on any atom is -0.466 e. The zero-order chi connectivity index (χ0) is 70.3. The number of nitrogens with one attached hydrogen (secondary N) is 3. The number of carbonyl (C=O) groups excluding carboxylic acids is 7. The summed E-state index contributed by atoms with van der Waals surface area (Å²) in [5.74, 6) is 0.234. The highest BCUT2D eigenvalue weighted by Crippen LogP contribution is 2.46. The van der Waals surface area contributed by atoms with Crippen molar-refractivity contribution in [3.05, 3.63) is 233 Å². The maximum Gasteiger partial charge on any atom is 0.313 e. The smallest absolute Gasteiger partial charge is 0.313 e. The van der Waals surface area contributed by atoms with Gasteiger partial charge in [0.05, 0.1) is 57.7 Å². The third-order valence-corrected chi connectivity index (χ3v) is 20.5. The monoisotopic (exact) mass is 1340 g/mol. The number of benzene rings is 6. The van der Waals surface area contributed by atoms with Gasteiger partial charge in [0.15, 0.2) is 0 Å². The molecule has 3 heterocycles. The van der Waals surface area contributed by atoms with Gasteiger partial charge in [-0.3, -0.25) is 38.9 Å². The zero-order valence-corrected chi connectivity index (χ0v) is 56.0. The topological polar surface area (TPSA) is 316 Å². The van der Waals surface area contributed by atoms with E-state index in [1.807, 2.05) is 80.6 Å². The lowest BCUT2D eigenvalue weighted by atomic mass is 9.81. The fraction of sp³-hybridized carbons (Fsp3) is 0.416. The van der Waals surface area contributed by atoms with Crippen LogP contribution in [0.4, 0.5) is 11.4 Å². The fourth-order valence-electron chi connectivity index (χ4n) is 15.6. The molecule has 6 aromatic rings. The van der Waals surface area contributed by atoms with Crippen molar-refractivity contribution in [3.8, 4) is 0 Å². The lowest BCUT2D eigenvalue weighted by molar-refractivity contribution is -0.742. The summed E-state index contributed by atoms with van der Waals surface area (Å²) in [7, 11) is 0. The van der Waals surface area contributed by atoms with Crippen LogP contribution in [0.25, 0.3) is 0 Å². The lowest BCUT2D eigenvalue weighted by Crippen LogP contribution is -2.34. The van der Waals surface area contributed by atoms with Gasteiger partial charge in [0, 0.05) is 43.9 Å². The van der Waals surface area contributed by atoms with Crippen molar-refractivity contribution in [1.29, 1.82) is 0 Å². The Morgan fingerprint density at radius 3 is 1.17 bits per heavy atom. The molecule has 9 aliphatic rings. The van der Waals surface area contributed by atoms with Crippen molar-refractivity contribution in [2.75, 3.05) is 45.2 Å². The molecule has 516 valence electrons. The number of anilines is 1. The number of hydrogen-bond donors (Lipinski definition) is 5. The van der Waals surface area contributed by atoms with Crippen LogP contribution in [0.5, 0.6) is 0 Å². The van der Waals surface area contributed by atoms with Crippen LogP contribution in [0.15, 0.2) is 146 Å². The Labute approximate surface area is 570 Å². The number of ether oxygens (including phenoxy) is 3. The number of amides is 3. The van der Waals surface area contributed by atoms with Gasteiger partial charge in [-0.25, -0.2) is 0 Å². The molecular formula is C77H88N6O15. The second-order valence-electron chi connectivity index (χ2n) is 26.9. The molecule has 0 bridgehead atoms. The standard InChI is InChI=1S/C15H18O2.C14H16O3.C12H12N2O3.C12H14N2O.C12H13NO.C12H14O2.HNO3/c1-3-9-15(14(16)17-4-2)10-12-7-5-6-8-13(12)11-15;1-2-17-13(16)14(7-8-15)9-11-5-3-4-6-12(11)10-14;15-11-12(3-4-13-11)6-8-1-2-10(14(16)17)5-9(8)7-12;13-10-2-1-8-6-12(7-9(8)5-10)3-4-14-11(12)15;14-11-12(5-6-13-11)7-9-3-1-2-4-10(9)8-12;1-2-14-12(13)11-7-9-5-3-4-6-10(9)8-11;2-1(3)4/h3,5-8H,1,4,9-11H2,2H3;3-6,8H,2,7,9-10H2,1H3;1-2,5H,3-4,6-7H2,(H,13,15);1-2,5H,3-4,6-7,13H2,(H,14,15);1-4H,5-8H2,(H,13,14);3-6,11H,2,7-8H2,1H3;(H,2,3,4). The maximum atomic E-state index is 12.2. The van der Waals surface area contributed by atoms with E-state index >= 15 is 0 Å². The summed E-state index contributed by atoms with van der Waals surface area (Å²) in [6.07, 6.45) is 15.8. The highest BCUT2D eigenvalue weighted by molar-refractivity contribution is 5.88. The number of rotatable bonds is 11. The summed E-state index contributed by atoms with van der Waals surface area (Å²) in [6.45, 7) is 12.9. The van der Waals surface area contributed by atoms with Gasteiger partial charge < -0.3 is 45.9 Å². The molecule has 15 rings (SSSR count). The summed E-state index contributed by atoms with van der Waals surface area (Å²) in [5, 5.41) is 33.1. The van der Waals surface area contributed by atoms with Crippen molar-refractivity contribution in [1.82, 2.24) is 16.0 Å². The first-order valence-corrected chi connectivity index (χ1v) is 33.7. The SMILES string of the molecule is C=CCC1(C(=O)OCC)Cc2ccccc2C1.CCOC(=O)C1(CC=O)Cc2ccccc2C1.CCOC(=O)C1Cc2ccccc2C1.Nc1ccc2c(c1)CC1(CCNC1=O)C2.O=C1NCCC12Cc1ccc([N+](=O)[O-])cc1C2.O=C1NCCC12Cc1ccccc1C2.O=[N+]([O-])O. The fourth-order valence-corrected chi connectivity index (χ4v) is 15.6. The van der Waals surface area contributed by atoms with Gasteiger partial charge in [-0.2, -0.15) is 0 Å². The van der Waals surface area contributed by atoms with Gasteiger partial charge in [0.1, 0.15) is 6.29 Å². The molecule has 3 fully saturated rings. The minimum atomic E-state index is -1.50. The van der Waals surface area contributed by atoms with Crippen LogP contribution >= 0.6 is 0 Å². The van der Waals surface area contributed by atoms with Gasteiger partial charge in [-0.15, -0.1) is 16.7 Å². The molecule has 6 N–H and O–H groups in total. The molecule has 0 radical (unpaired) electrons. The van der Waals surface area contributed by atoms with Crippen LogP contribution in [0.1, 0.15) is 120 Å². The van der Waals surface area contributed by atoms with E-state index in [0.717, 1.165) is 124 Å². The van der Waals surface area contributed by atoms with Gasteiger partial charge in [0.2, 0.25) is 17.7 Å². The molecule has 6 aromatic carbocycles. The van der Waals surface area contributed by atoms with E-state index in [2.05, 4.69) is 77.1 Å². The number of carbonyl (C=O) groups is 7. The molecule has 3 amide bonds. The van der Waals surface area contributed by atoms with Crippen molar-refractivity contribution in [2.24, 2.45) is 33.0 Å². The number of nitrogens with two attached hydrogens (primary N) is 1. The molecule has 21 heteroatoms. The van der Waals surface area contributed by atoms with Crippen molar-refractivity contribution >= 4 is 53.3 Å². The van der Waals surface area contributed by atoms with Gasteiger partial charge in [-0.1, -0.05) is 115 Å². The van der Waals surface area contributed by atoms with E-state index < -0.39 is 15.9 Å². The number of allylic oxidation sites excluding steroid dienone is 1. The highest BCUT2D eigenvalue weighted by atomic mass is 16.9. The van der Waals surface area contributed by atoms with E-state index in [4.69, 9.17) is 35.3 Å². The number of nitro benzene ring substituents is 1. The summed E-state index contributed by atoms with van der Waals surface area (Å²) >= 11 is 0. The second-order valence-corrected chi connectivity index (χ2v) is 26.9. The molecule has 3 saturated heterocycles. The third kappa shape index (κ3) is 16.5. The Bertz CT molecular complexity index is 3790. The van der Waals surface area contributed by atoms with Crippen molar-refractivity contribution < 1.29 is 63.0 Å². The van der Waals surface area contributed by atoms with Crippen LogP contribution in [0.2, 0.25) is 0 Å². The largest absolute Gasteiger partial charge is 0.466 e.